The fourth-order valence-corrected chi connectivity index (χ4v) is 1.34. The van der Waals surface area contributed by atoms with Crippen molar-refractivity contribution in [3.63, 3.8) is 0 Å². The van der Waals surface area contributed by atoms with E-state index in [1.165, 1.54) is 13.1 Å². The smallest absolute Gasteiger partial charge is 0.408 e. The molecule has 2 N–H and O–H groups in total. The first-order chi connectivity index (χ1) is 9.69. The van der Waals surface area contributed by atoms with Crippen LogP contribution in [0.15, 0.2) is 12.7 Å². The zero-order valence-electron chi connectivity index (χ0n) is 13.0. The second-order valence-corrected chi connectivity index (χ2v) is 5.33. The van der Waals surface area contributed by atoms with Gasteiger partial charge in [0, 0.05) is 13.5 Å². The van der Waals surface area contributed by atoms with E-state index in [-0.39, 0.29) is 25.4 Å². The Balaban J connectivity index is 4.63. The first-order valence-corrected chi connectivity index (χ1v) is 6.67. The third-order valence-electron chi connectivity index (χ3n) is 2.26. The van der Waals surface area contributed by atoms with Crippen molar-refractivity contribution in [2.45, 2.75) is 45.3 Å². The highest BCUT2D eigenvalue weighted by atomic mass is 16.6. The van der Waals surface area contributed by atoms with E-state index in [0.717, 1.165) is 0 Å². The monoisotopic (exact) mass is 300 g/mol. The number of hydrogen-bond acceptors (Lipinski definition) is 5. The molecule has 2 amide bonds. The molecule has 0 aromatic carbocycles. The molecule has 7 heteroatoms. The summed E-state index contributed by atoms with van der Waals surface area (Å²) >= 11 is 0. The molecule has 120 valence electrons. The van der Waals surface area contributed by atoms with Crippen LogP contribution in [-0.4, -0.2) is 43.3 Å². The van der Waals surface area contributed by atoms with Crippen LogP contribution in [0.3, 0.4) is 0 Å². The zero-order chi connectivity index (χ0) is 16.5. The summed E-state index contributed by atoms with van der Waals surface area (Å²) in [4.78, 5) is 34.8. The van der Waals surface area contributed by atoms with Crippen LogP contribution in [0.4, 0.5) is 4.79 Å². The summed E-state index contributed by atoms with van der Waals surface area (Å²) < 4.78 is 9.97. The van der Waals surface area contributed by atoms with Gasteiger partial charge in [0.25, 0.3) is 0 Å². The lowest BCUT2D eigenvalue weighted by atomic mass is 10.1. The van der Waals surface area contributed by atoms with E-state index in [1.807, 2.05) is 0 Å². The Morgan fingerprint density at radius 3 is 2.38 bits per heavy atom. The summed E-state index contributed by atoms with van der Waals surface area (Å²) in [6.07, 6.45) is 0.885. The lowest BCUT2D eigenvalue weighted by Gasteiger charge is -2.22. The lowest BCUT2D eigenvalue weighted by molar-refractivity contribution is -0.145. The predicted octanol–water partition coefficient (Wildman–Crippen LogP) is 1.14. The van der Waals surface area contributed by atoms with Gasteiger partial charge in [-0.25, -0.2) is 9.59 Å². The van der Waals surface area contributed by atoms with Crippen molar-refractivity contribution in [1.82, 2.24) is 10.6 Å². The number of esters is 1. The highest BCUT2D eigenvalue weighted by Crippen LogP contribution is 2.08. The molecule has 0 saturated heterocycles. The van der Waals surface area contributed by atoms with Gasteiger partial charge in [0.05, 0.1) is 0 Å². The van der Waals surface area contributed by atoms with Crippen molar-refractivity contribution < 1.29 is 23.9 Å². The second-order valence-electron chi connectivity index (χ2n) is 5.33. The molecule has 0 aliphatic heterocycles. The van der Waals surface area contributed by atoms with Crippen molar-refractivity contribution >= 4 is 18.0 Å². The van der Waals surface area contributed by atoms with Gasteiger partial charge < -0.3 is 20.1 Å². The standard InChI is InChI=1S/C14H24N2O5/c1-6-9-20-12(18)10(7-8-11(17)15-5)16-13(19)21-14(2,3)4/h6,10H,1,7-9H2,2-5H3,(H,15,17)(H,16,19). The third kappa shape index (κ3) is 9.48. The van der Waals surface area contributed by atoms with E-state index >= 15 is 0 Å². The van der Waals surface area contributed by atoms with E-state index in [9.17, 15) is 14.4 Å². The molecule has 0 heterocycles. The number of carbonyl (C=O) groups excluding carboxylic acids is 3. The van der Waals surface area contributed by atoms with E-state index in [4.69, 9.17) is 9.47 Å². The fourth-order valence-electron chi connectivity index (χ4n) is 1.34. The molecule has 0 spiro atoms. The van der Waals surface area contributed by atoms with Gasteiger partial charge in [0.15, 0.2) is 0 Å². The number of ether oxygens (including phenoxy) is 2. The quantitative estimate of drug-likeness (QED) is 0.543. The van der Waals surface area contributed by atoms with Crippen LogP contribution in [0.2, 0.25) is 0 Å². The Morgan fingerprint density at radius 1 is 1.29 bits per heavy atom. The maximum absolute atomic E-state index is 11.8. The van der Waals surface area contributed by atoms with E-state index in [1.54, 1.807) is 20.8 Å². The third-order valence-corrected chi connectivity index (χ3v) is 2.26. The van der Waals surface area contributed by atoms with E-state index < -0.39 is 23.7 Å². The largest absolute Gasteiger partial charge is 0.460 e. The molecular weight excluding hydrogens is 276 g/mol. The molecule has 21 heavy (non-hydrogen) atoms. The predicted molar refractivity (Wildman–Crippen MR) is 77.6 cm³/mol. The second kappa shape index (κ2) is 8.99. The molecule has 1 unspecified atom stereocenters. The number of alkyl carbamates (subject to hydrolysis) is 1. The van der Waals surface area contributed by atoms with Gasteiger partial charge in [-0.3, -0.25) is 4.79 Å². The van der Waals surface area contributed by atoms with Crippen molar-refractivity contribution in [1.29, 1.82) is 0 Å². The van der Waals surface area contributed by atoms with E-state index in [2.05, 4.69) is 17.2 Å². The Bertz CT molecular complexity index is 387. The molecule has 0 rings (SSSR count). The molecule has 0 aromatic heterocycles. The average Bonchev–Trinajstić information content (AvgIpc) is 2.38. The van der Waals surface area contributed by atoms with Crippen molar-refractivity contribution in [3.05, 3.63) is 12.7 Å². The molecule has 0 fully saturated rings. The molecule has 0 saturated carbocycles. The number of hydrogen-bond donors (Lipinski definition) is 2. The van der Waals surface area contributed by atoms with E-state index in [0.29, 0.717) is 0 Å². The van der Waals surface area contributed by atoms with Crippen LogP contribution in [0, 0.1) is 0 Å². The lowest BCUT2D eigenvalue weighted by Crippen LogP contribution is -2.44. The maximum atomic E-state index is 11.8. The summed E-state index contributed by atoms with van der Waals surface area (Å²) in [5, 5.41) is 4.85. The number of nitrogens with one attached hydrogen (secondary N) is 2. The van der Waals surface area contributed by atoms with Gasteiger partial charge in [0.2, 0.25) is 5.91 Å². The molecule has 0 aliphatic rings. The highest BCUT2D eigenvalue weighted by Gasteiger charge is 2.25. The normalized spacial score (nSPS) is 12.0. The summed E-state index contributed by atoms with van der Waals surface area (Å²) in [6, 6.07) is -0.947. The molecule has 7 nitrogen and oxygen atoms in total. The Hall–Kier alpha value is -2.05. The zero-order valence-corrected chi connectivity index (χ0v) is 13.0. The fraction of sp³-hybridized carbons (Fsp3) is 0.643. The first kappa shape index (κ1) is 18.9. The van der Waals surface area contributed by atoms with Gasteiger partial charge in [0.1, 0.15) is 18.2 Å². The van der Waals surface area contributed by atoms with Crippen LogP contribution in [0.25, 0.3) is 0 Å². The van der Waals surface area contributed by atoms with Gasteiger partial charge in [-0.15, -0.1) is 0 Å². The van der Waals surface area contributed by atoms with Crippen LogP contribution >= 0.6 is 0 Å². The SMILES string of the molecule is C=CCOC(=O)C(CCC(=O)NC)NC(=O)OC(C)(C)C. The molecule has 0 aromatic rings. The Morgan fingerprint density at radius 2 is 1.90 bits per heavy atom. The summed E-state index contributed by atoms with van der Waals surface area (Å²) in [6.45, 7) is 8.60. The number of carbonyl (C=O) groups is 3. The van der Waals surface area contributed by atoms with Crippen LogP contribution in [-0.2, 0) is 19.1 Å². The van der Waals surface area contributed by atoms with Gasteiger partial charge >= 0.3 is 12.1 Å². The number of rotatable bonds is 7. The molecule has 0 aliphatic carbocycles. The van der Waals surface area contributed by atoms with Crippen molar-refractivity contribution in [3.8, 4) is 0 Å². The summed E-state index contributed by atoms with van der Waals surface area (Å²) in [5.74, 6) is -0.868. The minimum absolute atomic E-state index is 0.0330. The topological polar surface area (TPSA) is 93.7 Å². The first-order valence-electron chi connectivity index (χ1n) is 6.67. The van der Waals surface area contributed by atoms with Crippen molar-refractivity contribution in [2.75, 3.05) is 13.7 Å². The summed E-state index contributed by atoms with van der Waals surface area (Å²) in [7, 11) is 1.49. The number of amides is 2. The Labute approximate surface area is 125 Å². The van der Waals surface area contributed by atoms with Crippen LogP contribution < -0.4 is 10.6 Å². The molecule has 0 bridgehead atoms. The van der Waals surface area contributed by atoms with Gasteiger partial charge in [-0.05, 0) is 27.2 Å². The minimum atomic E-state index is -0.947. The molecular formula is C14H24N2O5. The maximum Gasteiger partial charge on any atom is 0.408 e. The van der Waals surface area contributed by atoms with Gasteiger partial charge in [-0.1, -0.05) is 12.7 Å². The highest BCUT2D eigenvalue weighted by molar-refractivity contribution is 5.83. The minimum Gasteiger partial charge on any atom is -0.460 e. The van der Waals surface area contributed by atoms with Crippen LogP contribution in [0.1, 0.15) is 33.6 Å². The van der Waals surface area contributed by atoms with Gasteiger partial charge in [-0.2, -0.15) is 0 Å². The Kier molecular flexibility index (Phi) is 8.11. The summed E-state index contributed by atoms with van der Waals surface area (Å²) in [5.41, 5.74) is -0.680. The molecule has 0 radical (unpaired) electrons. The average molecular weight is 300 g/mol. The molecule has 1 atom stereocenters. The van der Waals surface area contributed by atoms with Crippen LogP contribution in [0.5, 0.6) is 0 Å². The van der Waals surface area contributed by atoms with Crippen molar-refractivity contribution in [2.24, 2.45) is 0 Å².